The van der Waals surface area contributed by atoms with Gasteiger partial charge in [-0.05, 0) is 6.42 Å². The SMILES string of the molecule is CCCCCCCCCCCCOS(=O)(=O)O.O=S(=O)([O-])O.[CH2-]CCCCCCCCC.[Li+].[Na+]. The summed E-state index contributed by atoms with van der Waals surface area (Å²) < 4.78 is 65.8. The van der Waals surface area contributed by atoms with E-state index in [9.17, 15) is 8.42 Å². The zero-order valence-electron chi connectivity index (χ0n) is 22.3. The Kier molecular flexibility index (Phi) is 45.7. The number of hydrogen-bond donors (Lipinski definition) is 2. The third-order valence-corrected chi connectivity index (χ3v) is 5.05. The van der Waals surface area contributed by atoms with Gasteiger partial charge >= 0.3 is 58.8 Å². The molecule has 0 spiro atoms. The fraction of sp³-hybridized carbons (Fsp3) is 0.955. The Morgan fingerprint density at radius 1 is 0.647 bits per heavy atom. The largest absolute Gasteiger partial charge is 1.00 e. The average molecular weight is 535 g/mol. The van der Waals surface area contributed by atoms with Crippen LogP contribution in [0.4, 0.5) is 0 Å². The smallest absolute Gasteiger partial charge is 0.726 e. The van der Waals surface area contributed by atoms with Gasteiger partial charge in [-0.25, -0.2) is 12.6 Å². The van der Waals surface area contributed by atoms with Crippen LogP contribution in [0.5, 0.6) is 0 Å². The molecule has 8 nitrogen and oxygen atoms in total. The molecule has 0 radical (unpaired) electrons. The van der Waals surface area contributed by atoms with Crippen molar-refractivity contribution in [2.45, 2.75) is 129 Å². The minimum absolute atomic E-state index is 0. The Morgan fingerprint density at radius 2 is 0.912 bits per heavy atom. The molecule has 0 aliphatic carbocycles. The van der Waals surface area contributed by atoms with Crippen LogP contribution in [-0.4, -0.2) is 37.1 Å². The molecule has 2 N–H and O–H groups in total. The van der Waals surface area contributed by atoms with Crippen molar-refractivity contribution in [3.8, 4) is 0 Å². The molecule has 0 unspecified atom stereocenters. The van der Waals surface area contributed by atoms with Gasteiger partial charge in [0.25, 0.3) is 0 Å². The Morgan fingerprint density at radius 3 is 1.18 bits per heavy atom. The summed E-state index contributed by atoms with van der Waals surface area (Å²) in [7, 11) is -9.15. The van der Waals surface area contributed by atoms with E-state index in [1.54, 1.807) is 0 Å². The normalized spacial score (nSPS) is 10.6. The Bertz CT molecular complexity index is 545. The van der Waals surface area contributed by atoms with Crippen LogP contribution in [0.2, 0.25) is 0 Å². The van der Waals surface area contributed by atoms with E-state index in [-0.39, 0.29) is 55.0 Å². The molecule has 0 aromatic carbocycles. The van der Waals surface area contributed by atoms with Gasteiger partial charge in [0.2, 0.25) is 10.4 Å². The second-order valence-corrected chi connectivity index (χ2v) is 9.78. The molecule has 0 rings (SSSR count). The molecular formula is C22H48LiNaO8S2. The zero-order valence-corrected chi connectivity index (χ0v) is 25.9. The van der Waals surface area contributed by atoms with Gasteiger partial charge < -0.3 is 11.5 Å². The molecular weight excluding hydrogens is 486 g/mol. The van der Waals surface area contributed by atoms with Gasteiger partial charge in [-0.1, -0.05) is 117 Å². The Hall–Kier alpha value is 1.34. The number of rotatable bonds is 19. The van der Waals surface area contributed by atoms with Crippen molar-refractivity contribution in [2.75, 3.05) is 6.61 Å². The average Bonchev–Trinajstić information content (AvgIpc) is 2.67. The Balaban J connectivity index is -0.000000141. The van der Waals surface area contributed by atoms with E-state index in [0.29, 0.717) is 6.42 Å². The van der Waals surface area contributed by atoms with E-state index in [4.69, 9.17) is 22.1 Å². The van der Waals surface area contributed by atoms with Gasteiger partial charge in [0.05, 0.1) is 6.61 Å². The second-order valence-electron chi connectivity index (χ2n) is 7.83. The third kappa shape index (κ3) is 69.9. The third-order valence-electron chi connectivity index (χ3n) is 4.58. The summed E-state index contributed by atoms with van der Waals surface area (Å²) in [6.07, 6.45) is 22.8. The molecule has 0 aliphatic rings. The molecule has 0 atom stereocenters. The van der Waals surface area contributed by atoms with Crippen molar-refractivity contribution in [3.63, 3.8) is 0 Å². The fourth-order valence-corrected chi connectivity index (χ4v) is 3.22. The van der Waals surface area contributed by atoms with Crippen molar-refractivity contribution in [1.29, 1.82) is 0 Å². The first-order valence-electron chi connectivity index (χ1n) is 12.1. The molecule has 0 bridgehead atoms. The molecule has 0 aliphatic heterocycles. The topological polar surface area (TPSA) is 141 Å². The first-order chi connectivity index (χ1) is 15.0. The van der Waals surface area contributed by atoms with E-state index in [0.717, 1.165) is 19.3 Å². The summed E-state index contributed by atoms with van der Waals surface area (Å²) in [6.45, 7) is 8.39. The Labute approximate surface area is 245 Å². The summed E-state index contributed by atoms with van der Waals surface area (Å²) in [5, 5.41) is 0. The van der Waals surface area contributed by atoms with Crippen molar-refractivity contribution >= 4 is 20.8 Å². The van der Waals surface area contributed by atoms with Crippen LogP contribution < -0.4 is 48.4 Å². The quantitative estimate of drug-likeness (QED) is 0.0811. The summed E-state index contributed by atoms with van der Waals surface area (Å²) in [4.78, 5) is 0. The maximum atomic E-state index is 10.2. The summed E-state index contributed by atoms with van der Waals surface area (Å²) >= 11 is 0. The predicted molar refractivity (Wildman–Crippen MR) is 130 cm³/mol. The van der Waals surface area contributed by atoms with Gasteiger partial charge in [-0.2, -0.15) is 14.8 Å². The minimum Gasteiger partial charge on any atom is -0.726 e. The summed E-state index contributed by atoms with van der Waals surface area (Å²) in [6, 6.07) is 0. The molecule has 198 valence electrons. The monoisotopic (exact) mass is 534 g/mol. The van der Waals surface area contributed by atoms with Crippen molar-refractivity contribution in [2.24, 2.45) is 0 Å². The first kappa shape index (κ1) is 45.3. The van der Waals surface area contributed by atoms with Crippen LogP contribution in [-0.2, 0) is 25.0 Å². The van der Waals surface area contributed by atoms with Crippen LogP contribution in [0.1, 0.15) is 129 Å². The number of hydrogen-bond acceptors (Lipinski definition) is 6. The van der Waals surface area contributed by atoms with Crippen molar-refractivity contribution in [1.82, 2.24) is 0 Å². The van der Waals surface area contributed by atoms with E-state index in [1.165, 1.54) is 89.9 Å². The van der Waals surface area contributed by atoms with Crippen molar-refractivity contribution < 1.29 is 83.1 Å². The van der Waals surface area contributed by atoms with E-state index in [2.05, 4.69) is 25.0 Å². The molecule has 0 heterocycles. The fourth-order valence-electron chi connectivity index (χ4n) is 2.89. The predicted octanol–water partition coefficient (Wildman–Crippen LogP) is 0.700. The second kappa shape index (κ2) is 34.3. The molecule has 34 heavy (non-hydrogen) atoms. The molecule has 0 aromatic rings. The van der Waals surface area contributed by atoms with E-state index >= 15 is 0 Å². The van der Waals surface area contributed by atoms with E-state index in [1.807, 2.05) is 0 Å². The molecule has 0 amide bonds. The number of unbranched alkanes of at least 4 members (excludes halogenated alkanes) is 16. The van der Waals surface area contributed by atoms with Crippen molar-refractivity contribution in [3.05, 3.63) is 6.92 Å². The van der Waals surface area contributed by atoms with Gasteiger partial charge in [0, 0.05) is 0 Å². The summed E-state index contributed by atoms with van der Waals surface area (Å²) in [5.41, 5.74) is 0. The van der Waals surface area contributed by atoms with Gasteiger partial charge in [-0.15, -0.1) is 0 Å². The van der Waals surface area contributed by atoms with Crippen LogP contribution in [0.15, 0.2) is 0 Å². The molecule has 0 saturated heterocycles. The first-order valence-corrected chi connectivity index (χ1v) is 14.8. The van der Waals surface area contributed by atoms with Gasteiger partial charge in [-0.3, -0.25) is 9.11 Å². The maximum Gasteiger partial charge on any atom is 1.00 e. The standard InChI is InChI=1S/C12H26O4S.C10H21.Li.Na.H2O4S/c1-2-3-4-5-6-7-8-9-10-11-12-16-17(13,14)15;1-3-5-7-9-10-8-6-4-2;;;1-5(2,3)4/h2-12H2,1H3,(H,13,14,15);1,3-10H2,2H3;;;(H2,1,2,3,4)/q;-1;2*+1;/p-1. The molecule has 12 heteroatoms. The molecule has 0 fully saturated rings. The molecule has 0 aromatic heterocycles. The zero-order chi connectivity index (χ0) is 25.1. The van der Waals surface area contributed by atoms with E-state index < -0.39 is 20.8 Å². The molecule has 0 saturated carbocycles. The maximum absolute atomic E-state index is 10.2. The van der Waals surface area contributed by atoms with Crippen LogP contribution >= 0.6 is 0 Å². The van der Waals surface area contributed by atoms with Gasteiger partial charge in [0.1, 0.15) is 0 Å². The van der Waals surface area contributed by atoms with Gasteiger partial charge in [0.15, 0.2) is 0 Å². The summed E-state index contributed by atoms with van der Waals surface area (Å²) in [5.74, 6) is 0. The van der Waals surface area contributed by atoms with Crippen LogP contribution in [0.3, 0.4) is 0 Å². The van der Waals surface area contributed by atoms with Crippen LogP contribution in [0.25, 0.3) is 0 Å². The van der Waals surface area contributed by atoms with Crippen LogP contribution in [0, 0.1) is 6.92 Å². The minimum atomic E-state index is -4.92.